The first-order chi connectivity index (χ1) is 16.2. The first-order valence-electron chi connectivity index (χ1n) is 10.7. The zero-order chi connectivity index (χ0) is 24.3. The number of nitrogens with one attached hydrogen (secondary N) is 1. The average Bonchev–Trinajstić information content (AvgIpc) is 2.83. The maximum atomic E-state index is 13.0. The maximum absolute atomic E-state index is 13.0. The van der Waals surface area contributed by atoms with E-state index in [0.717, 1.165) is 28.8 Å². The molecule has 2 aromatic carbocycles. The number of nitrogens with zero attached hydrogens (tertiary/aromatic N) is 2. The molecule has 0 spiro atoms. The quantitative estimate of drug-likeness (QED) is 0.521. The third-order valence-corrected chi connectivity index (χ3v) is 5.52. The molecule has 4 rings (SSSR count). The SMILES string of the molecule is NCc1ccc(NC(=O)c2cccc(C(F)(F)F)c2)cc1-c1cc(N)nc(N2CCOCC2)c1. The lowest BCUT2D eigenvalue weighted by Crippen LogP contribution is -2.36. The minimum atomic E-state index is -4.54. The minimum absolute atomic E-state index is 0.0953. The van der Waals surface area contributed by atoms with Crippen LogP contribution in [0.4, 0.5) is 30.5 Å². The van der Waals surface area contributed by atoms with Crippen molar-refractivity contribution in [1.82, 2.24) is 4.98 Å². The molecule has 178 valence electrons. The van der Waals surface area contributed by atoms with E-state index in [4.69, 9.17) is 16.2 Å². The van der Waals surface area contributed by atoms with E-state index in [-0.39, 0.29) is 12.1 Å². The van der Waals surface area contributed by atoms with E-state index in [9.17, 15) is 18.0 Å². The smallest absolute Gasteiger partial charge is 0.384 e. The second kappa shape index (κ2) is 9.70. The van der Waals surface area contributed by atoms with Crippen LogP contribution in [0.3, 0.4) is 0 Å². The Morgan fingerprint density at radius 1 is 1.09 bits per heavy atom. The molecular weight excluding hydrogens is 447 g/mol. The Morgan fingerprint density at radius 3 is 2.56 bits per heavy atom. The monoisotopic (exact) mass is 471 g/mol. The summed E-state index contributed by atoms with van der Waals surface area (Å²) in [5.41, 5.74) is 13.8. The predicted molar refractivity (Wildman–Crippen MR) is 124 cm³/mol. The molecule has 7 nitrogen and oxygen atoms in total. The van der Waals surface area contributed by atoms with Crippen molar-refractivity contribution in [3.63, 3.8) is 0 Å². The standard InChI is InChI=1S/C24H24F3N5O2/c25-24(26,27)18-3-1-2-15(10-18)23(33)30-19-5-4-16(14-28)20(13-19)17-11-21(29)31-22(12-17)32-6-8-34-9-7-32/h1-5,10-13H,6-9,14,28H2,(H2,29,31)(H,30,33). The highest BCUT2D eigenvalue weighted by Crippen LogP contribution is 2.32. The summed E-state index contributed by atoms with van der Waals surface area (Å²) in [5, 5.41) is 2.67. The summed E-state index contributed by atoms with van der Waals surface area (Å²) < 4.78 is 44.4. The van der Waals surface area contributed by atoms with Gasteiger partial charge in [-0.2, -0.15) is 13.2 Å². The lowest BCUT2D eigenvalue weighted by atomic mass is 9.99. The Balaban J connectivity index is 1.64. The van der Waals surface area contributed by atoms with E-state index in [0.29, 0.717) is 43.6 Å². The predicted octanol–water partition coefficient (Wildman–Crippen LogP) is 3.90. The number of carbonyl (C=O) groups excluding carboxylic acids is 1. The number of alkyl halides is 3. The second-order valence-electron chi connectivity index (χ2n) is 7.85. The van der Waals surface area contributed by atoms with Gasteiger partial charge in [0.25, 0.3) is 5.91 Å². The minimum Gasteiger partial charge on any atom is -0.384 e. The van der Waals surface area contributed by atoms with Gasteiger partial charge in [0.1, 0.15) is 11.6 Å². The topological polar surface area (TPSA) is 106 Å². The van der Waals surface area contributed by atoms with Crippen LogP contribution < -0.4 is 21.7 Å². The zero-order valence-corrected chi connectivity index (χ0v) is 18.2. The number of ether oxygens (including phenoxy) is 1. The number of hydrogen-bond donors (Lipinski definition) is 3. The molecule has 1 fully saturated rings. The normalized spacial score (nSPS) is 14.2. The summed E-state index contributed by atoms with van der Waals surface area (Å²) >= 11 is 0. The van der Waals surface area contributed by atoms with Gasteiger partial charge in [-0.3, -0.25) is 4.79 Å². The molecule has 1 amide bonds. The van der Waals surface area contributed by atoms with E-state index in [1.54, 1.807) is 24.3 Å². The highest BCUT2D eigenvalue weighted by Gasteiger charge is 2.31. The van der Waals surface area contributed by atoms with Crippen LogP contribution in [0, 0.1) is 0 Å². The maximum Gasteiger partial charge on any atom is 0.416 e. The van der Waals surface area contributed by atoms with E-state index in [2.05, 4.69) is 15.2 Å². The van der Waals surface area contributed by atoms with E-state index >= 15 is 0 Å². The molecule has 10 heteroatoms. The van der Waals surface area contributed by atoms with Crippen molar-refractivity contribution in [2.45, 2.75) is 12.7 Å². The van der Waals surface area contributed by atoms with Gasteiger partial charge in [-0.1, -0.05) is 12.1 Å². The lowest BCUT2D eigenvalue weighted by molar-refractivity contribution is -0.137. The molecule has 1 aliphatic heterocycles. The van der Waals surface area contributed by atoms with Gasteiger partial charge in [0, 0.05) is 30.9 Å². The summed E-state index contributed by atoms with van der Waals surface area (Å²) in [7, 11) is 0. The van der Waals surface area contributed by atoms with Gasteiger partial charge in [-0.15, -0.1) is 0 Å². The van der Waals surface area contributed by atoms with Crippen LogP contribution in [0.1, 0.15) is 21.5 Å². The third-order valence-electron chi connectivity index (χ3n) is 5.52. The van der Waals surface area contributed by atoms with Gasteiger partial charge in [0.2, 0.25) is 0 Å². The third kappa shape index (κ3) is 5.29. The van der Waals surface area contributed by atoms with Crippen molar-refractivity contribution < 1.29 is 22.7 Å². The number of amides is 1. The van der Waals surface area contributed by atoms with Crippen LogP contribution in [-0.2, 0) is 17.5 Å². The lowest BCUT2D eigenvalue weighted by Gasteiger charge is -2.28. The molecule has 0 bridgehead atoms. The second-order valence-corrected chi connectivity index (χ2v) is 7.85. The molecule has 1 aliphatic rings. The number of aromatic nitrogens is 1. The van der Waals surface area contributed by atoms with Crippen LogP contribution >= 0.6 is 0 Å². The molecule has 0 aliphatic carbocycles. The number of hydrogen-bond acceptors (Lipinski definition) is 6. The Hall–Kier alpha value is -3.63. The highest BCUT2D eigenvalue weighted by atomic mass is 19.4. The van der Waals surface area contributed by atoms with Gasteiger partial charge >= 0.3 is 6.18 Å². The molecule has 1 saturated heterocycles. The molecule has 2 heterocycles. The molecule has 0 atom stereocenters. The number of morpholine rings is 1. The van der Waals surface area contributed by atoms with Crippen molar-refractivity contribution in [3.8, 4) is 11.1 Å². The van der Waals surface area contributed by atoms with Gasteiger partial charge < -0.3 is 26.4 Å². The Morgan fingerprint density at radius 2 is 1.85 bits per heavy atom. The van der Waals surface area contributed by atoms with Gasteiger partial charge in [0.15, 0.2) is 0 Å². The zero-order valence-electron chi connectivity index (χ0n) is 18.2. The van der Waals surface area contributed by atoms with Crippen LogP contribution in [0.5, 0.6) is 0 Å². The number of nitrogens with two attached hydrogens (primary N) is 2. The number of benzene rings is 2. The van der Waals surface area contributed by atoms with Crippen molar-refractivity contribution in [1.29, 1.82) is 0 Å². The fourth-order valence-electron chi connectivity index (χ4n) is 3.79. The van der Waals surface area contributed by atoms with Crippen LogP contribution in [0.25, 0.3) is 11.1 Å². The van der Waals surface area contributed by atoms with Crippen LogP contribution in [0.2, 0.25) is 0 Å². The van der Waals surface area contributed by atoms with Crippen molar-refractivity contribution in [2.24, 2.45) is 5.73 Å². The number of anilines is 3. The summed E-state index contributed by atoms with van der Waals surface area (Å²) in [6.45, 7) is 2.81. The van der Waals surface area contributed by atoms with E-state index < -0.39 is 17.6 Å². The van der Waals surface area contributed by atoms with Crippen molar-refractivity contribution in [3.05, 3.63) is 71.3 Å². The molecule has 0 saturated carbocycles. The van der Waals surface area contributed by atoms with Gasteiger partial charge in [-0.05, 0) is 59.2 Å². The Labute approximate surface area is 194 Å². The Kier molecular flexibility index (Phi) is 6.71. The average molecular weight is 471 g/mol. The Bertz CT molecular complexity index is 1190. The molecular formula is C24H24F3N5O2. The number of halogens is 3. The van der Waals surface area contributed by atoms with E-state index in [1.807, 2.05) is 6.07 Å². The summed E-state index contributed by atoms with van der Waals surface area (Å²) in [6.07, 6.45) is -4.54. The van der Waals surface area contributed by atoms with Crippen molar-refractivity contribution >= 4 is 23.2 Å². The number of nitrogen functional groups attached to an aromatic ring is 1. The van der Waals surface area contributed by atoms with Gasteiger partial charge in [0.05, 0.1) is 18.8 Å². The number of rotatable bonds is 5. The molecule has 5 N–H and O–H groups in total. The van der Waals surface area contributed by atoms with Crippen LogP contribution in [0.15, 0.2) is 54.6 Å². The molecule has 3 aromatic rings. The first kappa shape index (κ1) is 23.5. The number of pyridine rings is 1. The molecule has 1 aromatic heterocycles. The summed E-state index contributed by atoms with van der Waals surface area (Å²) in [4.78, 5) is 19.2. The van der Waals surface area contributed by atoms with Gasteiger partial charge in [-0.25, -0.2) is 4.98 Å². The number of carbonyl (C=O) groups is 1. The van der Waals surface area contributed by atoms with Crippen LogP contribution in [-0.4, -0.2) is 37.2 Å². The first-order valence-corrected chi connectivity index (χ1v) is 10.7. The summed E-state index contributed by atoms with van der Waals surface area (Å²) in [6, 6.07) is 13.0. The molecule has 0 radical (unpaired) electrons. The fraction of sp³-hybridized carbons (Fsp3) is 0.250. The highest BCUT2D eigenvalue weighted by molar-refractivity contribution is 6.04. The molecule has 0 unspecified atom stereocenters. The fourth-order valence-corrected chi connectivity index (χ4v) is 3.79. The summed E-state index contributed by atoms with van der Waals surface area (Å²) in [5.74, 6) is 0.390. The molecule has 34 heavy (non-hydrogen) atoms. The van der Waals surface area contributed by atoms with E-state index in [1.165, 1.54) is 12.1 Å². The van der Waals surface area contributed by atoms with Crippen molar-refractivity contribution in [2.75, 3.05) is 42.3 Å². The largest absolute Gasteiger partial charge is 0.416 e.